The average Bonchev–Trinajstić information content (AvgIpc) is 3.18. The SMILES string of the molecule is Cc1c(C(=O)N2CCN(c3ccc(F)cc3)CC2)sc2ncn(Cc3cccc(F)c3)c(=O)c12. The smallest absolute Gasteiger partial charge is 0.264 e. The highest BCUT2D eigenvalue weighted by Crippen LogP contribution is 2.29. The van der Waals surface area contributed by atoms with E-state index in [1.807, 2.05) is 0 Å². The molecule has 0 bridgehead atoms. The predicted octanol–water partition coefficient (Wildman–Crippen LogP) is 4.06. The Kier molecular flexibility index (Phi) is 5.87. The molecule has 6 nitrogen and oxygen atoms in total. The number of fused-ring (bicyclic) bond motifs is 1. The third kappa shape index (κ3) is 4.19. The first kappa shape index (κ1) is 22.2. The number of hydrogen-bond donors (Lipinski definition) is 0. The molecule has 0 N–H and O–H groups in total. The van der Waals surface area contributed by atoms with Crippen molar-refractivity contribution in [1.82, 2.24) is 14.5 Å². The Morgan fingerprint density at radius 3 is 2.47 bits per heavy atom. The fourth-order valence-electron chi connectivity index (χ4n) is 4.27. The van der Waals surface area contributed by atoms with Crippen LogP contribution in [-0.2, 0) is 6.54 Å². The molecule has 0 radical (unpaired) electrons. The maximum Gasteiger partial charge on any atom is 0.264 e. The maximum absolute atomic E-state index is 13.5. The van der Waals surface area contributed by atoms with Crippen molar-refractivity contribution >= 4 is 33.1 Å². The standard InChI is InChI=1S/C25H22F2N4O2S/c1-16-21-23(28-15-31(24(21)32)14-17-3-2-4-19(27)13-17)34-22(16)25(33)30-11-9-29(10-12-30)20-7-5-18(26)6-8-20/h2-8,13,15H,9-12,14H2,1H3. The fraction of sp³-hybridized carbons (Fsp3) is 0.240. The average molecular weight is 481 g/mol. The van der Waals surface area contributed by atoms with E-state index >= 15 is 0 Å². The van der Waals surface area contributed by atoms with Crippen LogP contribution in [0.25, 0.3) is 10.2 Å². The Morgan fingerprint density at radius 1 is 1.03 bits per heavy atom. The maximum atomic E-state index is 13.5. The lowest BCUT2D eigenvalue weighted by Crippen LogP contribution is -2.48. The summed E-state index contributed by atoms with van der Waals surface area (Å²) in [6, 6.07) is 12.4. The zero-order chi connectivity index (χ0) is 23.8. The van der Waals surface area contributed by atoms with Gasteiger partial charge in [0.1, 0.15) is 16.5 Å². The molecular formula is C25H22F2N4O2S. The molecule has 2 aromatic carbocycles. The summed E-state index contributed by atoms with van der Waals surface area (Å²) >= 11 is 1.23. The summed E-state index contributed by atoms with van der Waals surface area (Å²) < 4.78 is 28.2. The van der Waals surface area contributed by atoms with Gasteiger partial charge in [0, 0.05) is 31.9 Å². The molecule has 0 saturated carbocycles. The van der Waals surface area contributed by atoms with Crippen LogP contribution in [-0.4, -0.2) is 46.5 Å². The van der Waals surface area contributed by atoms with Crippen molar-refractivity contribution in [2.45, 2.75) is 13.5 Å². The fourth-order valence-corrected chi connectivity index (χ4v) is 5.38. The van der Waals surface area contributed by atoms with Crippen molar-refractivity contribution in [3.05, 3.63) is 92.9 Å². The zero-order valence-electron chi connectivity index (χ0n) is 18.5. The van der Waals surface area contributed by atoms with E-state index in [9.17, 15) is 18.4 Å². The van der Waals surface area contributed by atoms with Crippen molar-refractivity contribution in [2.24, 2.45) is 0 Å². The molecule has 0 unspecified atom stereocenters. The van der Waals surface area contributed by atoms with Crippen LogP contribution in [0.5, 0.6) is 0 Å². The number of aromatic nitrogens is 2. The number of benzene rings is 2. The first-order valence-electron chi connectivity index (χ1n) is 10.9. The van der Waals surface area contributed by atoms with Gasteiger partial charge in [0.2, 0.25) is 0 Å². The highest BCUT2D eigenvalue weighted by atomic mass is 32.1. The van der Waals surface area contributed by atoms with Crippen LogP contribution in [0.4, 0.5) is 14.5 Å². The number of carbonyl (C=O) groups excluding carboxylic acids is 1. The number of carbonyl (C=O) groups is 1. The first-order chi connectivity index (χ1) is 16.4. The Morgan fingerprint density at radius 2 is 1.76 bits per heavy atom. The van der Waals surface area contributed by atoms with Gasteiger partial charge in [0.05, 0.1) is 23.1 Å². The minimum absolute atomic E-state index is 0.115. The molecular weight excluding hydrogens is 458 g/mol. The van der Waals surface area contributed by atoms with E-state index in [2.05, 4.69) is 9.88 Å². The first-order valence-corrected chi connectivity index (χ1v) is 11.7. The third-order valence-corrected chi connectivity index (χ3v) is 7.30. The highest BCUT2D eigenvalue weighted by Gasteiger charge is 2.27. The summed E-state index contributed by atoms with van der Waals surface area (Å²) in [6.45, 7) is 4.31. The van der Waals surface area contributed by atoms with Gasteiger partial charge in [-0.15, -0.1) is 11.3 Å². The highest BCUT2D eigenvalue weighted by molar-refractivity contribution is 7.20. The Balaban J connectivity index is 1.36. The van der Waals surface area contributed by atoms with Crippen LogP contribution < -0.4 is 10.5 Å². The van der Waals surface area contributed by atoms with Gasteiger partial charge in [0.15, 0.2) is 0 Å². The Hall–Kier alpha value is -3.59. The Labute approximate surface area is 198 Å². The van der Waals surface area contributed by atoms with Crippen LogP contribution in [0.2, 0.25) is 0 Å². The lowest BCUT2D eigenvalue weighted by Gasteiger charge is -2.36. The molecule has 2 aromatic heterocycles. The molecule has 1 aliphatic rings. The van der Waals surface area contributed by atoms with E-state index < -0.39 is 0 Å². The van der Waals surface area contributed by atoms with Crippen molar-refractivity contribution in [3.63, 3.8) is 0 Å². The second-order valence-electron chi connectivity index (χ2n) is 8.30. The molecule has 1 saturated heterocycles. The number of aryl methyl sites for hydroxylation is 1. The monoisotopic (exact) mass is 480 g/mol. The lowest BCUT2D eigenvalue weighted by molar-refractivity contribution is 0.0751. The van der Waals surface area contributed by atoms with Crippen LogP contribution >= 0.6 is 11.3 Å². The molecule has 1 aliphatic heterocycles. The quantitative estimate of drug-likeness (QED) is 0.442. The van der Waals surface area contributed by atoms with Crippen molar-refractivity contribution in [2.75, 3.05) is 31.1 Å². The van der Waals surface area contributed by atoms with Gasteiger partial charge in [-0.1, -0.05) is 12.1 Å². The van der Waals surface area contributed by atoms with E-state index in [-0.39, 0.29) is 29.6 Å². The van der Waals surface area contributed by atoms with Gasteiger partial charge >= 0.3 is 0 Å². The van der Waals surface area contributed by atoms with Crippen LogP contribution in [0.3, 0.4) is 0 Å². The molecule has 174 valence electrons. The normalized spacial score (nSPS) is 14.1. The van der Waals surface area contributed by atoms with Crippen LogP contribution in [0.1, 0.15) is 20.8 Å². The summed E-state index contributed by atoms with van der Waals surface area (Å²) in [5, 5.41) is 0.428. The van der Waals surface area contributed by atoms with Crippen molar-refractivity contribution < 1.29 is 13.6 Å². The molecule has 0 atom stereocenters. The molecule has 34 heavy (non-hydrogen) atoms. The number of hydrogen-bond acceptors (Lipinski definition) is 5. The predicted molar refractivity (Wildman–Crippen MR) is 129 cm³/mol. The molecule has 1 amide bonds. The van der Waals surface area contributed by atoms with Gasteiger partial charge in [-0.2, -0.15) is 0 Å². The van der Waals surface area contributed by atoms with E-state index in [1.165, 1.54) is 46.5 Å². The van der Waals surface area contributed by atoms with Crippen molar-refractivity contribution in [3.8, 4) is 0 Å². The number of anilines is 1. The topological polar surface area (TPSA) is 58.4 Å². The van der Waals surface area contributed by atoms with Gasteiger partial charge in [-0.05, 0) is 54.4 Å². The number of nitrogens with zero attached hydrogens (tertiary/aromatic N) is 4. The molecule has 9 heteroatoms. The van der Waals surface area contributed by atoms with E-state index in [4.69, 9.17) is 0 Å². The number of halogens is 2. The zero-order valence-corrected chi connectivity index (χ0v) is 19.3. The third-order valence-electron chi connectivity index (χ3n) is 6.11. The molecule has 1 fully saturated rings. The summed E-state index contributed by atoms with van der Waals surface area (Å²) in [4.78, 5) is 35.8. The summed E-state index contributed by atoms with van der Waals surface area (Å²) in [5.41, 5.74) is 1.96. The second-order valence-corrected chi connectivity index (χ2v) is 9.30. The molecule has 0 spiro atoms. The lowest BCUT2D eigenvalue weighted by atomic mass is 10.1. The second kappa shape index (κ2) is 8.98. The molecule has 5 rings (SSSR count). The van der Waals surface area contributed by atoms with E-state index in [0.29, 0.717) is 52.4 Å². The van der Waals surface area contributed by atoms with Gasteiger partial charge in [-0.25, -0.2) is 13.8 Å². The van der Waals surface area contributed by atoms with Crippen molar-refractivity contribution in [1.29, 1.82) is 0 Å². The summed E-state index contributed by atoms with van der Waals surface area (Å²) in [6.07, 6.45) is 1.45. The van der Waals surface area contributed by atoms with E-state index in [1.54, 1.807) is 36.1 Å². The Bertz CT molecular complexity index is 1420. The van der Waals surface area contributed by atoms with Crippen LogP contribution in [0, 0.1) is 18.6 Å². The van der Waals surface area contributed by atoms with Gasteiger partial charge < -0.3 is 9.80 Å². The number of thiophene rings is 1. The van der Waals surface area contributed by atoms with E-state index in [0.717, 1.165) is 5.69 Å². The molecule has 0 aliphatic carbocycles. The summed E-state index contributed by atoms with van der Waals surface area (Å²) in [7, 11) is 0. The largest absolute Gasteiger partial charge is 0.368 e. The minimum atomic E-state index is -0.362. The minimum Gasteiger partial charge on any atom is -0.368 e. The van der Waals surface area contributed by atoms with Gasteiger partial charge in [-0.3, -0.25) is 14.2 Å². The number of amides is 1. The number of rotatable bonds is 4. The number of piperazine rings is 1. The molecule has 3 heterocycles. The molecule has 4 aromatic rings. The van der Waals surface area contributed by atoms with Gasteiger partial charge in [0.25, 0.3) is 11.5 Å². The summed E-state index contributed by atoms with van der Waals surface area (Å²) in [5.74, 6) is -0.754. The van der Waals surface area contributed by atoms with Crippen LogP contribution in [0.15, 0.2) is 59.7 Å².